The number of hydrogen-bond donors (Lipinski definition) is 0. The Balaban J connectivity index is 1.61. The summed E-state index contributed by atoms with van der Waals surface area (Å²) in [5, 5.41) is 5.22. The van der Waals surface area contributed by atoms with Gasteiger partial charge in [0, 0.05) is 11.1 Å². The van der Waals surface area contributed by atoms with E-state index in [4.69, 9.17) is 19.6 Å². The fraction of sp³-hybridized carbons (Fsp3) is 0.229. The normalized spacial score (nSPS) is 11.5. The Morgan fingerprint density at radius 3 is 2.46 bits per heavy atom. The first-order chi connectivity index (χ1) is 19.9. The SMILES string of the molecule is CCOc1cc(C)c(-c2nc3ccccc3c(=O)n2N=Cc2ccccc2OCc2cccc(C)c2)cc1C(C)C. The number of ether oxygens (including phenoxy) is 2. The highest BCUT2D eigenvalue weighted by molar-refractivity contribution is 5.84. The van der Waals surface area contributed by atoms with Crippen LogP contribution in [-0.2, 0) is 6.61 Å². The van der Waals surface area contributed by atoms with Gasteiger partial charge >= 0.3 is 0 Å². The van der Waals surface area contributed by atoms with Gasteiger partial charge in [-0.25, -0.2) is 4.98 Å². The first-order valence-corrected chi connectivity index (χ1v) is 14.0. The minimum Gasteiger partial charge on any atom is -0.494 e. The summed E-state index contributed by atoms with van der Waals surface area (Å²) in [6.45, 7) is 11.3. The van der Waals surface area contributed by atoms with Crippen molar-refractivity contribution in [1.82, 2.24) is 9.66 Å². The molecule has 0 fully saturated rings. The highest BCUT2D eigenvalue weighted by Gasteiger charge is 2.18. The van der Waals surface area contributed by atoms with Crippen LogP contribution in [-0.4, -0.2) is 22.5 Å². The zero-order valence-corrected chi connectivity index (χ0v) is 24.2. The number of aryl methyl sites for hydroxylation is 2. The molecule has 4 aromatic carbocycles. The Hall–Kier alpha value is -4.71. The van der Waals surface area contributed by atoms with Gasteiger partial charge in [-0.05, 0) is 79.8 Å². The average Bonchev–Trinajstić information content (AvgIpc) is 2.96. The van der Waals surface area contributed by atoms with Gasteiger partial charge in [-0.3, -0.25) is 4.79 Å². The van der Waals surface area contributed by atoms with E-state index in [1.54, 1.807) is 12.3 Å². The van der Waals surface area contributed by atoms with Gasteiger partial charge in [-0.1, -0.05) is 67.9 Å². The van der Waals surface area contributed by atoms with Crippen molar-refractivity contribution in [2.45, 2.75) is 47.1 Å². The maximum Gasteiger partial charge on any atom is 0.282 e. The molecular weight excluding hydrogens is 510 g/mol. The van der Waals surface area contributed by atoms with Crippen LogP contribution in [0.15, 0.2) is 94.8 Å². The third kappa shape index (κ3) is 6.07. The molecule has 41 heavy (non-hydrogen) atoms. The van der Waals surface area contributed by atoms with Crippen molar-refractivity contribution in [2.24, 2.45) is 5.10 Å². The molecule has 0 aliphatic rings. The maximum absolute atomic E-state index is 13.8. The van der Waals surface area contributed by atoms with E-state index < -0.39 is 0 Å². The second-order valence-corrected chi connectivity index (χ2v) is 10.4. The van der Waals surface area contributed by atoms with E-state index in [-0.39, 0.29) is 11.5 Å². The molecule has 0 atom stereocenters. The van der Waals surface area contributed by atoms with Crippen LogP contribution in [0, 0.1) is 13.8 Å². The van der Waals surface area contributed by atoms with Crippen molar-refractivity contribution in [1.29, 1.82) is 0 Å². The molecule has 0 saturated carbocycles. The maximum atomic E-state index is 13.8. The van der Waals surface area contributed by atoms with Gasteiger partial charge in [0.2, 0.25) is 0 Å². The fourth-order valence-corrected chi connectivity index (χ4v) is 4.88. The standard InChI is InChI=1S/C35H35N3O3/c1-6-40-33-19-25(5)30(20-29(33)23(2)3)34-37-31-16-9-8-15-28(31)35(39)38(34)36-21-27-14-7-10-17-32(27)41-22-26-13-11-12-24(4)18-26/h7-21,23H,6,22H2,1-5H3. The summed E-state index contributed by atoms with van der Waals surface area (Å²) in [5.41, 5.74) is 6.26. The molecule has 0 saturated heterocycles. The van der Waals surface area contributed by atoms with Crippen LogP contribution in [0.25, 0.3) is 22.3 Å². The van der Waals surface area contributed by atoms with E-state index in [0.717, 1.165) is 33.6 Å². The summed E-state index contributed by atoms with van der Waals surface area (Å²) in [6, 6.07) is 27.4. The Kier molecular flexibility index (Phi) is 8.29. The van der Waals surface area contributed by atoms with Crippen LogP contribution in [0.1, 0.15) is 54.5 Å². The molecule has 0 unspecified atom stereocenters. The Morgan fingerprint density at radius 1 is 0.902 bits per heavy atom. The molecule has 0 aliphatic heterocycles. The van der Waals surface area contributed by atoms with Crippen LogP contribution in [0.4, 0.5) is 0 Å². The van der Waals surface area contributed by atoms with Gasteiger partial charge in [0.15, 0.2) is 5.82 Å². The second kappa shape index (κ2) is 12.2. The lowest BCUT2D eigenvalue weighted by Crippen LogP contribution is -2.21. The van der Waals surface area contributed by atoms with E-state index >= 15 is 0 Å². The smallest absolute Gasteiger partial charge is 0.282 e. The molecule has 5 rings (SSSR count). The lowest BCUT2D eigenvalue weighted by molar-refractivity contribution is 0.305. The Labute approximate surface area is 240 Å². The third-order valence-corrected chi connectivity index (χ3v) is 6.98. The minimum absolute atomic E-state index is 0.220. The third-order valence-electron chi connectivity index (χ3n) is 6.98. The molecule has 1 heterocycles. The van der Waals surface area contributed by atoms with Crippen LogP contribution in [0.5, 0.6) is 11.5 Å². The number of para-hydroxylation sites is 2. The molecule has 0 bridgehead atoms. The van der Waals surface area contributed by atoms with Crippen molar-refractivity contribution in [3.63, 3.8) is 0 Å². The topological polar surface area (TPSA) is 65.7 Å². The quantitative estimate of drug-likeness (QED) is 0.178. The van der Waals surface area contributed by atoms with Crippen molar-refractivity contribution >= 4 is 17.1 Å². The molecule has 208 valence electrons. The number of rotatable bonds is 9. The predicted molar refractivity (Wildman–Crippen MR) is 166 cm³/mol. The highest BCUT2D eigenvalue weighted by Crippen LogP contribution is 2.34. The number of hydrogen-bond acceptors (Lipinski definition) is 5. The lowest BCUT2D eigenvalue weighted by Gasteiger charge is -2.18. The molecule has 0 aliphatic carbocycles. The lowest BCUT2D eigenvalue weighted by atomic mass is 9.96. The van der Waals surface area contributed by atoms with E-state index in [2.05, 4.69) is 39.0 Å². The monoisotopic (exact) mass is 545 g/mol. The van der Waals surface area contributed by atoms with Gasteiger partial charge in [-0.2, -0.15) is 9.78 Å². The highest BCUT2D eigenvalue weighted by atomic mass is 16.5. The molecular formula is C35H35N3O3. The van der Waals surface area contributed by atoms with Gasteiger partial charge < -0.3 is 9.47 Å². The summed E-state index contributed by atoms with van der Waals surface area (Å²) in [4.78, 5) is 18.8. The van der Waals surface area contributed by atoms with Gasteiger partial charge in [-0.15, -0.1) is 0 Å². The molecule has 0 N–H and O–H groups in total. The molecule has 6 heteroatoms. The van der Waals surface area contributed by atoms with Crippen molar-refractivity contribution < 1.29 is 9.47 Å². The van der Waals surface area contributed by atoms with Crippen molar-refractivity contribution in [3.8, 4) is 22.9 Å². The van der Waals surface area contributed by atoms with Gasteiger partial charge in [0.25, 0.3) is 5.56 Å². The number of aromatic nitrogens is 2. The molecule has 1 aromatic heterocycles. The van der Waals surface area contributed by atoms with Gasteiger partial charge in [0.05, 0.1) is 23.7 Å². The van der Waals surface area contributed by atoms with Crippen molar-refractivity contribution in [3.05, 3.63) is 123 Å². The first kappa shape index (κ1) is 27.8. The predicted octanol–water partition coefficient (Wildman–Crippen LogP) is 7.66. The molecule has 6 nitrogen and oxygen atoms in total. The largest absolute Gasteiger partial charge is 0.494 e. The van der Waals surface area contributed by atoms with Crippen LogP contribution in [0.2, 0.25) is 0 Å². The summed E-state index contributed by atoms with van der Waals surface area (Å²) < 4.78 is 13.5. The summed E-state index contributed by atoms with van der Waals surface area (Å²) in [5.74, 6) is 2.23. The zero-order chi connectivity index (χ0) is 28.9. The molecule has 0 amide bonds. The zero-order valence-electron chi connectivity index (χ0n) is 24.2. The number of nitrogens with zero attached hydrogens (tertiary/aromatic N) is 3. The van der Waals surface area contributed by atoms with E-state index in [0.29, 0.717) is 35.7 Å². The van der Waals surface area contributed by atoms with Crippen LogP contribution in [0.3, 0.4) is 0 Å². The molecule has 5 aromatic rings. The number of fused-ring (bicyclic) bond motifs is 1. The van der Waals surface area contributed by atoms with Crippen molar-refractivity contribution in [2.75, 3.05) is 6.61 Å². The Bertz CT molecular complexity index is 1790. The average molecular weight is 546 g/mol. The molecule has 0 radical (unpaired) electrons. The first-order valence-electron chi connectivity index (χ1n) is 14.0. The fourth-order valence-electron chi connectivity index (χ4n) is 4.88. The number of benzene rings is 4. The van der Waals surface area contributed by atoms with Gasteiger partial charge in [0.1, 0.15) is 18.1 Å². The Morgan fingerprint density at radius 2 is 1.68 bits per heavy atom. The minimum atomic E-state index is -0.237. The van der Waals surface area contributed by atoms with Crippen LogP contribution >= 0.6 is 0 Å². The molecule has 0 spiro atoms. The summed E-state index contributed by atoms with van der Waals surface area (Å²) in [6.07, 6.45) is 1.67. The second-order valence-electron chi connectivity index (χ2n) is 10.4. The summed E-state index contributed by atoms with van der Waals surface area (Å²) >= 11 is 0. The van der Waals surface area contributed by atoms with E-state index in [1.165, 1.54) is 10.2 Å². The van der Waals surface area contributed by atoms with E-state index in [1.807, 2.05) is 74.5 Å². The summed E-state index contributed by atoms with van der Waals surface area (Å²) in [7, 11) is 0. The van der Waals surface area contributed by atoms with E-state index in [9.17, 15) is 4.79 Å². The van der Waals surface area contributed by atoms with Crippen LogP contribution < -0.4 is 15.0 Å².